The van der Waals surface area contributed by atoms with Crippen LogP contribution in [0.3, 0.4) is 0 Å². The monoisotopic (exact) mass is 528 g/mol. The summed E-state index contributed by atoms with van der Waals surface area (Å²) < 4.78 is 83.3. The molecular weight excluding hydrogens is 514 g/mol. The Hall–Kier alpha value is -2.05. The summed E-state index contributed by atoms with van der Waals surface area (Å²) in [5.41, 5.74) is -4.02. The van der Waals surface area contributed by atoms with Crippen molar-refractivity contribution in [2.75, 3.05) is 0 Å². The first-order chi connectivity index (χ1) is 14.2. The lowest BCUT2D eigenvalue weighted by atomic mass is 9.74. The maximum atomic E-state index is 15.0. The highest BCUT2D eigenvalue weighted by Crippen LogP contribution is 2.48. The minimum atomic E-state index is -5.72. The van der Waals surface area contributed by atoms with Gasteiger partial charge in [0.05, 0.1) is 16.1 Å². The van der Waals surface area contributed by atoms with E-state index in [4.69, 9.17) is 12.2 Å². The van der Waals surface area contributed by atoms with E-state index < -0.39 is 52.4 Å². The first kappa shape index (κ1) is 25.2. The Bertz CT molecular complexity index is 974. The number of aliphatic hydroxyl groups excluding tert-OH is 1. The Labute approximate surface area is 186 Å². The average molecular weight is 529 g/mol. The van der Waals surface area contributed by atoms with E-state index in [0.717, 1.165) is 12.1 Å². The van der Waals surface area contributed by atoms with E-state index in [2.05, 4.69) is 26.2 Å². The molecule has 0 fully saturated rings. The van der Waals surface area contributed by atoms with Crippen LogP contribution < -0.4 is 5.32 Å². The van der Waals surface area contributed by atoms with Crippen molar-refractivity contribution in [1.82, 2.24) is 10.3 Å². The third-order valence-corrected chi connectivity index (χ3v) is 5.21. The van der Waals surface area contributed by atoms with Gasteiger partial charge in [0, 0.05) is 12.0 Å². The molecule has 0 aliphatic heterocycles. The zero-order chi connectivity index (χ0) is 23.6. The fourth-order valence-corrected chi connectivity index (χ4v) is 3.52. The summed E-state index contributed by atoms with van der Waals surface area (Å²) in [6.07, 6.45) is -11.0. The van der Waals surface area contributed by atoms with Gasteiger partial charge in [-0.2, -0.15) is 13.2 Å². The number of aromatic nitrogens is 1. The zero-order valence-corrected chi connectivity index (χ0v) is 18.1. The van der Waals surface area contributed by atoms with Gasteiger partial charge in [-0.3, -0.25) is 4.79 Å². The van der Waals surface area contributed by atoms with Crippen molar-refractivity contribution < 1.29 is 36.2 Å². The maximum Gasteiger partial charge on any atom is 0.420 e. The van der Waals surface area contributed by atoms with Crippen LogP contribution >= 0.6 is 28.1 Å². The molecule has 4 nitrogen and oxygen atoms in total. The molecule has 31 heavy (non-hydrogen) atoms. The van der Waals surface area contributed by atoms with Crippen molar-refractivity contribution in [1.29, 1.82) is 0 Å². The molecule has 0 spiro atoms. The fraction of sp³-hybridized carbons (Fsp3) is 0.316. The highest BCUT2D eigenvalue weighted by atomic mass is 79.9. The second-order valence-corrected chi connectivity index (χ2v) is 8.09. The highest BCUT2D eigenvalue weighted by Gasteiger charge is 2.65. The molecule has 0 bridgehead atoms. The second kappa shape index (κ2) is 9.21. The van der Waals surface area contributed by atoms with Crippen molar-refractivity contribution in [3.8, 4) is 0 Å². The van der Waals surface area contributed by atoms with Crippen molar-refractivity contribution >= 4 is 39.0 Å². The molecule has 0 saturated heterocycles. The van der Waals surface area contributed by atoms with Crippen LogP contribution in [0, 0.1) is 5.82 Å². The number of hydrogen-bond acceptors (Lipinski definition) is 4. The van der Waals surface area contributed by atoms with Crippen molar-refractivity contribution in [2.24, 2.45) is 0 Å². The number of aliphatic hydroxyl groups is 1. The Morgan fingerprint density at radius 2 is 1.74 bits per heavy atom. The molecule has 0 aliphatic rings. The smallest absolute Gasteiger partial charge is 0.379 e. The van der Waals surface area contributed by atoms with E-state index in [1.54, 1.807) is 6.07 Å². The molecule has 0 aliphatic carbocycles. The molecule has 1 amide bonds. The van der Waals surface area contributed by atoms with Crippen LogP contribution in [0.15, 0.2) is 47.1 Å². The first-order valence-corrected chi connectivity index (χ1v) is 9.74. The van der Waals surface area contributed by atoms with Crippen LogP contribution in [-0.2, 0) is 5.41 Å². The molecule has 1 heterocycles. The minimum Gasteiger partial charge on any atom is -0.379 e. The topological polar surface area (TPSA) is 62.2 Å². The molecule has 0 unspecified atom stereocenters. The molecule has 2 atom stereocenters. The van der Waals surface area contributed by atoms with Gasteiger partial charge < -0.3 is 10.4 Å². The predicted molar refractivity (Wildman–Crippen MR) is 107 cm³/mol. The molecule has 2 N–H and O–H groups in total. The number of benzene rings is 1. The van der Waals surface area contributed by atoms with E-state index in [-0.39, 0.29) is 10.2 Å². The third kappa shape index (κ3) is 5.42. The second-order valence-electron chi connectivity index (χ2n) is 6.78. The van der Waals surface area contributed by atoms with E-state index in [9.17, 15) is 27.5 Å². The van der Waals surface area contributed by atoms with Crippen molar-refractivity contribution in [3.05, 3.63) is 64.1 Å². The molecule has 12 heteroatoms. The average Bonchev–Trinajstić information content (AvgIpc) is 2.68. The van der Waals surface area contributed by atoms with Gasteiger partial charge in [0.2, 0.25) is 6.10 Å². The molecule has 2 aromatic rings. The highest BCUT2D eigenvalue weighted by molar-refractivity contribution is 9.10. The lowest BCUT2D eigenvalue weighted by Gasteiger charge is -2.40. The lowest BCUT2D eigenvalue weighted by molar-refractivity contribution is -0.286. The van der Waals surface area contributed by atoms with Crippen molar-refractivity contribution in [2.45, 2.75) is 37.0 Å². The van der Waals surface area contributed by atoms with Crippen LogP contribution in [0.25, 0.3) is 0 Å². The van der Waals surface area contributed by atoms with Crippen LogP contribution in [0.4, 0.5) is 26.3 Å². The Morgan fingerprint density at radius 1 is 1.16 bits per heavy atom. The Balaban J connectivity index is 2.48. The summed E-state index contributed by atoms with van der Waals surface area (Å²) in [6, 6.07) is 9.25. The van der Waals surface area contributed by atoms with E-state index in [0.29, 0.717) is 6.92 Å². The van der Waals surface area contributed by atoms with Crippen LogP contribution in [-0.4, -0.2) is 39.2 Å². The number of amides is 1. The van der Waals surface area contributed by atoms with E-state index >= 15 is 8.78 Å². The molecule has 1 aromatic heterocycles. The number of thiocarbonyl (C=S) groups is 1. The summed E-state index contributed by atoms with van der Waals surface area (Å²) >= 11 is 7.77. The predicted octanol–water partition coefficient (Wildman–Crippen LogP) is 4.95. The minimum absolute atomic E-state index is 0.111. The number of nitrogens with zero attached hydrogens (tertiary/aromatic N) is 1. The van der Waals surface area contributed by atoms with Gasteiger partial charge in [0.1, 0.15) is 10.4 Å². The van der Waals surface area contributed by atoms with Gasteiger partial charge in [-0.25, -0.2) is 18.2 Å². The molecule has 168 valence electrons. The number of carbonyl (C=O) groups is 1. The van der Waals surface area contributed by atoms with Gasteiger partial charge >= 0.3 is 6.18 Å². The standard InChI is InChI=1S/C19H15BrF6N2O2S/c1-17(14-11(21)7-8-12(20)27-14,18(22,23)16(30)19(24,25)26)9-13(31)28-15(29)10-5-3-2-4-6-10/h2-8,16,30H,9H2,1H3,(H,28,29,31)/t16-,17-/m1/s1. The van der Waals surface area contributed by atoms with Gasteiger partial charge in [-0.15, -0.1) is 0 Å². The van der Waals surface area contributed by atoms with E-state index in [1.807, 2.05) is 0 Å². The Morgan fingerprint density at radius 3 is 2.29 bits per heavy atom. The normalized spacial score (nSPS) is 15.1. The number of alkyl halides is 5. The third-order valence-electron chi connectivity index (χ3n) is 4.53. The fourth-order valence-electron chi connectivity index (χ4n) is 2.83. The van der Waals surface area contributed by atoms with Crippen molar-refractivity contribution in [3.63, 3.8) is 0 Å². The van der Waals surface area contributed by atoms with Gasteiger partial charge in [0.25, 0.3) is 11.8 Å². The molecule has 0 radical (unpaired) electrons. The zero-order valence-electron chi connectivity index (χ0n) is 15.7. The Kier molecular flexibility index (Phi) is 7.49. The number of nitrogens with one attached hydrogen (secondary N) is 1. The molecule has 1 aromatic carbocycles. The van der Waals surface area contributed by atoms with E-state index in [1.165, 1.54) is 24.3 Å². The SMILES string of the molecule is C[C@@](CC(=S)NC(=O)c1ccccc1)(c1nc(Br)ccc1F)C(F)(F)[C@@H](O)C(F)(F)F. The summed E-state index contributed by atoms with van der Waals surface area (Å²) in [7, 11) is 0. The molecule has 0 saturated carbocycles. The number of rotatable bonds is 6. The number of halogens is 7. The molecular formula is C19H15BrF6N2O2S. The van der Waals surface area contributed by atoms with Gasteiger partial charge in [-0.1, -0.05) is 30.4 Å². The number of hydrogen-bond donors (Lipinski definition) is 2. The van der Waals surface area contributed by atoms with Gasteiger partial charge in [-0.05, 0) is 47.1 Å². The first-order valence-electron chi connectivity index (χ1n) is 8.54. The van der Waals surface area contributed by atoms with Crippen LogP contribution in [0.5, 0.6) is 0 Å². The summed E-state index contributed by atoms with van der Waals surface area (Å²) in [5.74, 6) is -7.10. The van der Waals surface area contributed by atoms with Gasteiger partial charge in [0.15, 0.2) is 0 Å². The quantitative estimate of drug-likeness (QED) is 0.316. The van der Waals surface area contributed by atoms with Crippen LogP contribution in [0.2, 0.25) is 0 Å². The van der Waals surface area contributed by atoms with Crippen LogP contribution in [0.1, 0.15) is 29.4 Å². The largest absolute Gasteiger partial charge is 0.420 e. The molecule has 2 rings (SSSR count). The summed E-state index contributed by atoms with van der Waals surface area (Å²) in [6.45, 7) is 0.584. The summed E-state index contributed by atoms with van der Waals surface area (Å²) in [4.78, 5) is 15.2. The lowest BCUT2D eigenvalue weighted by Crippen LogP contribution is -2.58. The summed E-state index contributed by atoms with van der Waals surface area (Å²) in [5, 5.41) is 11.5. The number of pyridine rings is 1. The number of carbonyl (C=O) groups excluding carboxylic acids is 1. The maximum absolute atomic E-state index is 15.0.